The lowest BCUT2D eigenvalue weighted by molar-refractivity contribution is -0.0265. The van der Waals surface area contributed by atoms with Crippen molar-refractivity contribution >= 4 is 41.7 Å². The third kappa shape index (κ3) is 8.17. The largest absolute Gasteiger partial charge is 0.373 e. The Morgan fingerprint density at radius 1 is 1.24 bits per heavy atom. The monoisotopic (exact) mass is 477 g/mol. The van der Waals surface area contributed by atoms with Crippen LogP contribution in [0.3, 0.4) is 0 Å². The Morgan fingerprint density at radius 2 is 2.04 bits per heavy atom. The lowest BCUT2D eigenvalue weighted by Gasteiger charge is -2.32. The summed E-state index contributed by atoms with van der Waals surface area (Å²) in [4.78, 5) is 4.34. The number of thioether (sulfide) groups is 1. The van der Waals surface area contributed by atoms with Crippen molar-refractivity contribution in [1.29, 1.82) is 0 Å². The molecule has 142 valence electrons. The molecule has 0 radical (unpaired) electrons. The van der Waals surface area contributed by atoms with Crippen molar-refractivity contribution in [2.45, 2.75) is 31.8 Å². The van der Waals surface area contributed by atoms with E-state index in [1.165, 1.54) is 30.6 Å². The van der Waals surface area contributed by atoms with E-state index in [-0.39, 0.29) is 30.1 Å². The van der Waals surface area contributed by atoms with E-state index < -0.39 is 0 Å². The molecule has 0 spiro atoms. The Kier molecular flexibility index (Phi) is 12.4. The van der Waals surface area contributed by atoms with Crippen molar-refractivity contribution in [3.8, 4) is 0 Å². The van der Waals surface area contributed by atoms with Gasteiger partial charge >= 0.3 is 0 Å². The van der Waals surface area contributed by atoms with Gasteiger partial charge in [0.1, 0.15) is 0 Å². The predicted octanol–water partition coefficient (Wildman–Crippen LogP) is 4.08. The van der Waals surface area contributed by atoms with Crippen LogP contribution >= 0.6 is 35.7 Å². The van der Waals surface area contributed by atoms with E-state index in [0.717, 1.165) is 32.1 Å². The number of aliphatic imine (C=N–C) groups is 1. The molecule has 1 aromatic rings. The predicted molar refractivity (Wildman–Crippen MR) is 120 cm³/mol. The molecule has 1 saturated heterocycles. The van der Waals surface area contributed by atoms with Crippen LogP contribution in [0.2, 0.25) is 0 Å². The van der Waals surface area contributed by atoms with Crippen LogP contribution in [0.15, 0.2) is 35.3 Å². The van der Waals surface area contributed by atoms with Gasteiger partial charge in [-0.25, -0.2) is 0 Å². The van der Waals surface area contributed by atoms with Gasteiger partial charge in [0, 0.05) is 32.7 Å². The lowest BCUT2D eigenvalue weighted by Crippen LogP contribution is -2.42. The average Bonchev–Trinajstić information content (AvgIpc) is 2.65. The standard InChI is InChI=1S/C19H31N3OS.HI/c1-20-19(21-12-6-7-14-24-2)22-15-17-11-8-13-23-18(17)16-9-4-3-5-10-16;/h3-5,9-10,17-18H,6-8,11-15H2,1-2H3,(H2,20,21,22);1H. The first-order chi connectivity index (χ1) is 11.8. The van der Waals surface area contributed by atoms with Crippen LogP contribution in [0.1, 0.15) is 37.4 Å². The minimum Gasteiger partial charge on any atom is -0.373 e. The highest BCUT2D eigenvalue weighted by Crippen LogP contribution is 2.32. The summed E-state index contributed by atoms with van der Waals surface area (Å²) in [7, 11) is 1.84. The Balaban J connectivity index is 0.00000312. The number of ether oxygens (including phenoxy) is 1. The van der Waals surface area contributed by atoms with Crippen molar-refractivity contribution < 1.29 is 4.74 Å². The van der Waals surface area contributed by atoms with Gasteiger partial charge in [0.15, 0.2) is 5.96 Å². The Labute approximate surface area is 174 Å². The minimum absolute atomic E-state index is 0. The maximum absolute atomic E-state index is 6.07. The number of benzene rings is 1. The van der Waals surface area contributed by atoms with Crippen LogP contribution in [-0.2, 0) is 4.74 Å². The molecule has 25 heavy (non-hydrogen) atoms. The molecule has 1 aliphatic rings. The van der Waals surface area contributed by atoms with E-state index in [4.69, 9.17) is 4.74 Å². The number of rotatable bonds is 8. The first-order valence-electron chi connectivity index (χ1n) is 8.95. The van der Waals surface area contributed by atoms with Crippen LogP contribution in [-0.4, -0.2) is 44.7 Å². The maximum atomic E-state index is 6.07. The maximum Gasteiger partial charge on any atom is 0.190 e. The quantitative estimate of drug-likeness (QED) is 0.256. The van der Waals surface area contributed by atoms with Crippen molar-refractivity contribution in [1.82, 2.24) is 10.6 Å². The molecule has 1 heterocycles. The SMILES string of the molecule is CN=C(NCCCCSC)NCC1CCCOC1c1ccccc1.I. The zero-order chi connectivity index (χ0) is 17.0. The molecule has 1 fully saturated rings. The van der Waals surface area contributed by atoms with Crippen LogP contribution in [0.4, 0.5) is 0 Å². The summed E-state index contributed by atoms with van der Waals surface area (Å²) >= 11 is 1.91. The molecule has 0 aliphatic carbocycles. The molecular weight excluding hydrogens is 445 g/mol. The van der Waals surface area contributed by atoms with Crippen molar-refractivity contribution in [3.63, 3.8) is 0 Å². The van der Waals surface area contributed by atoms with Gasteiger partial charge in [0.2, 0.25) is 0 Å². The number of guanidine groups is 1. The summed E-state index contributed by atoms with van der Waals surface area (Å²) in [5.74, 6) is 2.61. The van der Waals surface area contributed by atoms with E-state index in [1.807, 2.05) is 18.8 Å². The fourth-order valence-corrected chi connectivity index (χ4v) is 3.58. The molecule has 2 N–H and O–H groups in total. The average molecular weight is 477 g/mol. The molecule has 0 amide bonds. The van der Waals surface area contributed by atoms with Crippen molar-refractivity contribution in [2.24, 2.45) is 10.9 Å². The molecule has 1 aromatic carbocycles. The number of hydrogen-bond acceptors (Lipinski definition) is 3. The number of unbranched alkanes of at least 4 members (excludes halogenated alkanes) is 1. The normalized spacial score (nSPS) is 20.6. The topological polar surface area (TPSA) is 45.7 Å². The number of halogens is 1. The van der Waals surface area contributed by atoms with E-state index >= 15 is 0 Å². The van der Waals surface area contributed by atoms with Gasteiger partial charge in [-0.15, -0.1) is 24.0 Å². The summed E-state index contributed by atoms with van der Waals surface area (Å²) in [6.07, 6.45) is 7.10. The van der Waals surface area contributed by atoms with Gasteiger partial charge in [-0.2, -0.15) is 11.8 Å². The summed E-state index contributed by atoms with van der Waals surface area (Å²) < 4.78 is 6.07. The molecule has 2 rings (SSSR count). The highest BCUT2D eigenvalue weighted by Gasteiger charge is 2.27. The highest BCUT2D eigenvalue weighted by molar-refractivity contribution is 14.0. The first-order valence-corrected chi connectivity index (χ1v) is 10.3. The molecule has 4 nitrogen and oxygen atoms in total. The van der Waals surface area contributed by atoms with E-state index in [0.29, 0.717) is 5.92 Å². The van der Waals surface area contributed by atoms with Gasteiger partial charge < -0.3 is 15.4 Å². The highest BCUT2D eigenvalue weighted by atomic mass is 127. The van der Waals surface area contributed by atoms with Crippen molar-refractivity contribution in [2.75, 3.05) is 38.8 Å². The molecule has 1 aliphatic heterocycles. The molecular formula is C19H32IN3OS. The van der Waals surface area contributed by atoms with Gasteiger partial charge in [-0.3, -0.25) is 4.99 Å². The second-order valence-electron chi connectivity index (χ2n) is 6.18. The summed E-state index contributed by atoms with van der Waals surface area (Å²) in [6.45, 7) is 2.73. The number of hydrogen-bond donors (Lipinski definition) is 2. The molecule has 6 heteroatoms. The summed E-state index contributed by atoms with van der Waals surface area (Å²) in [5.41, 5.74) is 1.28. The smallest absolute Gasteiger partial charge is 0.190 e. The number of nitrogens with one attached hydrogen (secondary N) is 2. The fourth-order valence-electron chi connectivity index (χ4n) is 3.09. The van der Waals surface area contributed by atoms with Gasteiger partial charge in [0.25, 0.3) is 0 Å². The first kappa shape index (κ1) is 22.6. The van der Waals surface area contributed by atoms with Crippen molar-refractivity contribution in [3.05, 3.63) is 35.9 Å². The minimum atomic E-state index is 0. The van der Waals surface area contributed by atoms with Crippen LogP contribution in [0.5, 0.6) is 0 Å². The van der Waals surface area contributed by atoms with E-state index in [2.05, 4.69) is 52.2 Å². The summed E-state index contributed by atoms with van der Waals surface area (Å²) in [6, 6.07) is 10.6. The lowest BCUT2D eigenvalue weighted by atomic mass is 9.89. The third-order valence-corrected chi connectivity index (χ3v) is 5.09. The molecule has 0 aromatic heterocycles. The third-order valence-electron chi connectivity index (χ3n) is 4.40. The van der Waals surface area contributed by atoms with E-state index in [1.54, 1.807) is 0 Å². The second-order valence-corrected chi connectivity index (χ2v) is 7.17. The number of nitrogens with zero attached hydrogens (tertiary/aromatic N) is 1. The zero-order valence-corrected chi connectivity index (χ0v) is 18.5. The second kappa shape index (κ2) is 13.7. The van der Waals surface area contributed by atoms with Crippen LogP contribution in [0, 0.1) is 5.92 Å². The molecule has 2 unspecified atom stereocenters. The van der Waals surface area contributed by atoms with Gasteiger partial charge in [0.05, 0.1) is 6.10 Å². The van der Waals surface area contributed by atoms with Crippen LogP contribution in [0.25, 0.3) is 0 Å². The fraction of sp³-hybridized carbons (Fsp3) is 0.632. The molecule has 0 saturated carbocycles. The molecule has 0 bridgehead atoms. The Bertz CT molecular complexity index is 487. The van der Waals surface area contributed by atoms with E-state index in [9.17, 15) is 0 Å². The van der Waals surface area contributed by atoms with Crippen LogP contribution < -0.4 is 10.6 Å². The van der Waals surface area contributed by atoms with Gasteiger partial charge in [-0.1, -0.05) is 30.3 Å². The molecule has 2 atom stereocenters. The Morgan fingerprint density at radius 3 is 2.76 bits per heavy atom. The summed E-state index contributed by atoms with van der Waals surface area (Å²) in [5, 5.41) is 6.89. The van der Waals surface area contributed by atoms with Gasteiger partial charge in [-0.05, 0) is 43.3 Å². The Hall–Kier alpha value is -0.470. The zero-order valence-electron chi connectivity index (χ0n) is 15.4.